The van der Waals surface area contributed by atoms with Gasteiger partial charge in [-0.25, -0.2) is 0 Å². The first-order valence-corrected chi connectivity index (χ1v) is 16.2. The van der Waals surface area contributed by atoms with E-state index in [2.05, 4.69) is 58.0 Å². The molecule has 12 N–H and O–H groups in total. The summed E-state index contributed by atoms with van der Waals surface area (Å²) in [4.78, 5) is 0.994. The van der Waals surface area contributed by atoms with Crippen molar-refractivity contribution in [1.82, 2.24) is 0 Å². The third kappa shape index (κ3) is 3.82. The topological polar surface area (TPSA) is 217 Å². The number of rotatable bonds is 3. The summed E-state index contributed by atoms with van der Waals surface area (Å²) in [5.74, 6) is -8.52. The van der Waals surface area contributed by atoms with Crippen LogP contribution >= 0.6 is 0 Å². The number of nitrogen functional groups attached to an aromatic ring is 2. The van der Waals surface area contributed by atoms with Crippen LogP contribution < -0.4 is 16.4 Å². The molecule has 11 heteroatoms. The second-order valence-corrected chi connectivity index (χ2v) is 14.3. The number of phenols is 8. The molecule has 0 spiro atoms. The standard InChI is InChI=1S/C40H35N3O8/c1-39(2)21-12-8-7-9-16(21)19-13-23-20(14-22(19)39)26-18-11-6-5-10-17(18)25(15-24(26)40(23,3)4)43(29-27(41)31(44)28(42)32(45)33(29)46)30-34(47)36(49)38(51)37(50)35(30)48/h5-15,44-51H,41-42H2,1-4H3. The van der Waals surface area contributed by atoms with E-state index in [0.29, 0.717) is 5.39 Å². The first-order valence-electron chi connectivity index (χ1n) is 16.2. The fourth-order valence-corrected chi connectivity index (χ4v) is 8.14. The number of hydrogen-bond acceptors (Lipinski definition) is 11. The van der Waals surface area contributed by atoms with Crippen LogP contribution in [0.4, 0.5) is 28.4 Å². The van der Waals surface area contributed by atoms with Crippen LogP contribution in [-0.2, 0) is 10.8 Å². The lowest BCUT2D eigenvalue weighted by Gasteiger charge is -2.32. The summed E-state index contributed by atoms with van der Waals surface area (Å²) in [6, 6.07) is 21.9. The zero-order valence-electron chi connectivity index (χ0n) is 28.0. The van der Waals surface area contributed by atoms with E-state index in [4.69, 9.17) is 11.5 Å². The second kappa shape index (κ2) is 9.97. The van der Waals surface area contributed by atoms with E-state index in [0.717, 1.165) is 43.7 Å². The lowest BCUT2D eigenvalue weighted by molar-refractivity contribution is 0.329. The van der Waals surface area contributed by atoms with Crippen LogP contribution in [0, 0.1) is 0 Å². The van der Waals surface area contributed by atoms with Crippen molar-refractivity contribution in [3.63, 3.8) is 0 Å². The Labute approximate surface area is 291 Å². The van der Waals surface area contributed by atoms with Gasteiger partial charge in [-0.05, 0) is 68.1 Å². The number of hydrogen-bond donors (Lipinski definition) is 10. The Kier molecular flexibility index (Phi) is 6.19. The van der Waals surface area contributed by atoms with Gasteiger partial charge < -0.3 is 52.3 Å². The van der Waals surface area contributed by atoms with Crippen molar-refractivity contribution in [2.24, 2.45) is 0 Å². The van der Waals surface area contributed by atoms with Gasteiger partial charge in [0.05, 0.1) is 5.69 Å². The van der Waals surface area contributed by atoms with E-state index in [-0.39, 0.29) is 11.1 Å². The summed E-state index contributed by atoms with van der Waals surface area (Å²) in [5, 5.41) is 88.5. The summed E-state index contributed by atoms with van der Waals surface area (Å²) in [5.41, 5.74) is 17.4. The minimum Gasteiger partial charge on any atom is -0.504 e. The van der Waals surface area contributed by atoms with Crippen LogP contribution in [0.15, 0.2) is 66.7 Å². The van der Waals surface area contributed by atoms with E-state index >= 15 is 0 Å². The van der Waals surface area contributed by atoms with Gasteiger partial charge in [0.25, 0.3) is 0 Å². The molecule has 258 valence electrons. The maximum Gasteiger partial charge on any atom is 0.208 e. The molecule has 2 aliphatic carbocycles. The summed E-state index contributed by atoms with van der Waals surface area (Å²) < 4.78 is 0. The molecule has 0 unspecified atom stereocenters. The Morgan fingerprint density at radius 2 is 0.961 bits per heavy atom. The Hall–Kier alpha value is -6.62. The fraction of sp³-hybridized carbons (Fsp3) is 0.150. The number of benzene rings is 6. The number of fused-ring (bicyclic) bond motifs is 8. The van der Waals surface area contributed by atoms with Crippen LogP contribution in [0.3, 0.4) is 0 Å². The molecule has 0 bridgehead atoms. The zero-order chi connectivity index (χ0) is 36.6. The number of nitrogens with zero attached hydrogens (tertiary/aromatic N) is 1. The maximum absolute atomic E-state index is 11.4. The number of anilines is 5. The quantitative estimate of drug-likeness (QED) is 0.0494. The molecule has 0 saturated carbocycles. The molecule has 6 aromatic carbocycles. The Balaban J connectivity index is 1.51. The SMILES string of the molecule is CC1(C)c2ccccc2-c2cc3c(cc21)-c1c(cc(N(c2c(N)c(O)c(N)c(O)c2O)c2c(O)c(O)c(O)c(O)c2O)c2ccccc12)C3(C)C. The zero-order valence-corrected chi connectivity index (χ0v) is 28.0. The van der Waals surface area contributed by atoms with Gasteiger partial charge in [0.15, 0.2) is 28.7 Å². The predicted octanol–water partition coefficient (Wildman–Crippen LogP) is 7.73. The molecular formula is C40H35N3O8. The van der Waals surface area contributed by atoms with Gasteiger partial charge >= 0.3 is 0 Å². The van der Waals surface area contributed by atoms with Crippen molar-refractivity contribution >= 4 is 39.2 Å². The van der Waals surface area contributed by atoms with Gasteiger partial charge in [-0.1, -0.05) is 76.2 Å². The highest BCUT2D eigenvalue weighted by molar-refractivity contribution is 6.13. The van der Waals surface area contributed by atoms with E-state index in [1.54, 1.807) is 18.2 Å². The van der Waals surface area contributed by atoms with Crippen LogP contribution in [0.1, 0.15) is 49.9 Å². The lowest BCUT2D eigenvalue weighted by atomic mass is 9.79. The molecule has 6 aromatic rings. The van der Waals surface area contributed by atoms with Gasteiger partial charge in [0, 0.05) is 16.2 Å². The summed E-state index contributed by atoms with van der Waals surface area (Å²) in [7, 11) is 0. The van der Waals surface area contributed by atoms with Gasteiger partial charge in [-0.15, -0.1) is 0 Å². The second-order valence-electron chi connectivity index (χ2n) is 14.3. The minimum absolute atomic E-state index is 0.143. The third-order valence-electron chi connectivity index (χ3n) is 10.9. The van der Waals surface area contributed by atoms with E-state index in [1.807, 2.05) is 18.2 Å². The minimum atomic E-state index is -1.21. The van der Waals surface area contributed by atoms with Crippen LogP contribution in [0.5, 0.6) is 46.0 Å². The van der Waals surface area contributed by atoms with Crippen LogP contribution in [0.25, 0.3) is 33.0 Å². The van der Waals surface area contributed by atoms with E-state index in [1.165, 1.54) is 11.1 Å². The van der Waals surface area contributed by atoms with Crippen molar-refractivity contribution in [3.8, 4) is 68.2 Å². The molecule has 0 radical (unpaired) electrons. The normalized spacial score (nSPS) is 14.6. The molecule has 0 heterocycles. The fourth-order valence-electron chi connectivity index (χ4n) is 8.14. The Morgan fingerprint density at radius 1 is 0.451 bits per heavy atom. The van der Waals surface area contributed by atoms with Gasteiger partial charge in [0.2, 0.25) is 17.2 Å². The number of nitrogens with two attached hydrogens (primary N) is 2. The molecule has 11 nitrogen and oxygen atoms in total. The third-order valence-corrected chi connectivity index (χ3v) is 10.9. The smallest absolute Gasteiger partial charge is 0.208 e. The first-order chi connectivity index (χ1) is 24.0. The lowest BCUT2D eigenvalue weighted by Crippen LogP contribution is -2.18. The molecule has 0 amide bonds. The predicted molar refractivity (Wildman–Crippen MR) is 196 cm³/mol. The van der Waals surface area contributed by atoms with Crippen LogP contribution in [0.2, 0.25) is 0 Å². The average molecular weight is 686 g/mol. The van der Waals surface area contributed by atoms with Gasteiger partial charge in [-0.2, -0.15) is 0 Å². The Bertz CT molecular complexity index is 2430. The summed E-state index contributed by atoms with van der Waals surface area (Å²) in [6.45, 7) is 8.55. The monoisotopic (exact) mass is 685 g/mol. The highest BCUT2D eigenvalue weighted by Crippen LogP contribution is 2.64. The molecule has 2 aliphatic rings. The highest BCUT2D eigenvalue weighted by atomic mass is 16.4. The van der Waals surface area contributed by atoms with Crippen molar-refractivity contribution < 1.29 is 40.9 Å². The summed E-state index contributed by atoms with van der Waals surface area (Å²) in [6.07, 6.45) is 0. The van der Waals surface area contributed by atoms with E-state index in [9.17, 15) is 40.9 Å². The molecule has 0 aromatic heterocycles. The van der Waals surface area contributed by atoms with Crippen molar-refractivity contribution in [3.05, 3.63) is 89.0 Å². The average Bonchev–Trinajstić information content (AvgIpc) is 3.48. The highest BCUT2D eigenvalue weighted by Gasteiger charge is 2.43. The molecule has 0 aliphatic heterocycles. The van der Waals surface area contributed by atoms with Crippen LogP contribution in [-0.4, -0.2) is 40.9 Å². The summed E-state index contributed by atoms with van der Waals surface area (Å²) >= 11 is 0. The molecular weight excluding hydrogens is 650 g/mol. The van der Waals surface area contributed by atoms with Crippen molar-refractivity contribution in [2.75, 3.05) is 16.4 Å². The van der Waals surface area contributed by atoms with Crippen molar-refractivity contribution in [2.45, 2.75) is 38.5 Å². The van der Waals surface area contributed by atoms with E-state index < -0.39 is 74.2 Å². The number of phenolic OH excluding ortho intramolecular Hbond substituents is 8. The number of aromatic hydroxyl groups is 8. The maximum atomic E-state index is 11.4. The molecule has 0 fully saturated rings. The Morgan fingerprint density at radius 3 is 1.63 bits per heavy atom. The molecule has 0 saturated heterocycles. The molecule has 0 atom stereocenters. The largest absolute Gasteiger partial charge is 0.504 e. The molecule has 51 heavy (non-hydrogen) atoms. The van der Waals surface area contributed by atoms with Crippen molar-refractivity contribution in [1.29, 1.82) is 0 Å². The van der Waals surface area contributed by atoms with Gasteiger partial charge in [0.1, 0.15) is 22.7 Å². The first kappa shape index (κ1) is 31.6. The molecule has 8 rings (SSSR count). The van der Waals surface area contributed by atoms with Gasteiger partial charge in [-0.3, -0.25) is 4.90 Å².